The molecule has 0 saturated heterocycles. The Labute approximate surface area is 122 Å². The van der Waals surface area contributed by atoms with Gasteiger partial charge in [0.2, 0.25) is 0 Å². The van der Waals surface area contributed by atoms with E-state index >= 15 is 0 Å². The van der Waals surface area contributed by atoms with Crippen LogP contribution in [-0.4, -0.2) is 11.1 Å². The van der Waals surface area contributed by atoms with Gasteiger partial charge in [-0.2, -0.15) is 0 Å². The summed E-state index contributed by atoms with van der Waals surface area (Å²) in [6.45, 7) is 1.93. The molecule has 0 spiro atoms. The molecule has 2 aromatic rings. The molecule has 21 heavy (non-hydrogen) atoms. The van der Waals surface area contributed by atoms with Gasteiger partial charge in [0.1, 0.15) is 11.6 Å². The molecule has 0 amide bonds. The molecule has 4 heteroatoms. The van der Waals surface area contributed by atoms with Gasteiger partial charge in [-0.1, -0.05) is 31.2 Å². The van der Waals surface area contributed by atoms with Crippen LogP contribution in [0.1, 0.15) is 31.2 Å². The van der Waals surface area contributed by atoms with Crippen molar-refractivity contribution < 1.29 is 18.7 Å². The summed E-state index contributed by atoms with van der Waals surface area (Å²) in [7, 11) is 0. The van der Waals surface area contributed by atoms with Crippen LogP contribution in [0.25, 0.3) is 11.1 Å². The lowest BCUT2D eigenvalue weighted by Crippen LogP contribution is -2.05. The number of halogens is 2. The van der Waals surface area contributed by atoms with E-state index in [0.717, 1.165) is 18.1 Å². The minimum atomic E-state index is -0.835. The molecule has 0 aliphatic carbocycles. The highest BCUT2D eigenvalue weighted by molar-refractivity contribution is 5.68. The highest BCUT2D eigenvalue weighted by atomic mass is 19.1. The van der Waals surface area contributed by atoms with Gasteiger partial charge in [0, 0.05) is 6.07 Å². The van der Waals surface area contributed by atoms with Crippen molar-refractivity contribution >= 4 is 5.97 Å². The molecule has 0 radical (unpaired) electrons. The van der Waals surface area contributed by atoms with Gasteiger partial charge >= 0.3 is 5.97 Å². The molecular weight excluding hydrogens is 274 g/mol. The fraction of sp³-hybridized carbons (Fsp3) is 0.235. The molecular formula is C17H16F2O2. The van der Waals surface area contributed by atoms with Crippen LogP contribution in [0.5, 0.6) is 0 Å². The number of benzene rings is 2. The molecule has 0 aromatic heterocycles. The molecule has 2 nitrogen and oxygen atoms in total. The zero-order valence-corrected chi connectivity index (χ0v) is 11.6. The summed E-state index contributed by atoms with van der Waals surface area (Å²) < 4.78 is 26.4. The van der Waals surface area contributed by atoms with Crippen LogP contribution in [0.3, 0.4) is 0 Å². The lowest BCUT2D eigenvalue weighted by molar-refractivity contribution is -0.137. The zero-order valence-electron chi connectivity index (χ0n) is 11.6. The average molecular weight is 290 g/mol. The predicted molar refractivity (Wildman–Crippen MR) is 77.1 cm³/mol. The molecule has 110 valence electrons. The third kappa shape index (κ3) is 3.88. The molecule has 1 unspecified atom stereocenters. The maximum absolute atomic E-state index is 13.2. The minimum absolute atomic E-state index is 0.0548. The van der Waals surface area contributed by atoms with E-state index in [4.69, 9.17) is 5.11 Å². The third-order valence-corrected chi connectivity index (χ3v) is 3.49. The monoisotopic (exact) mass is 290 g/mol. The van der Waals surface area contributed by atoms with Crippen molar-refractivity contribution in [3.05, 3.63) is 59.7 Å². The van der Waals surface area contributed by atoms with Gasteiger partial charge in [-0.25, -0.2) is 8.78 Å². The average Bonchev–Trinajstić information content (AvgIpc) is 2.44. The summed E-state index contributed by atoms with van der Waals surface area (Å²) in [6.07, 6.45) is 0.796. The molecule has 0 fully saturated rings. The summed E-state index contributed by atoms with van der Waals surface area (Å²) in [6, 6.07) is 10.5. The van der Waals surface area contributed by atoms with E-state index in [-0.39, 0.29) is 12.3 Å². The molecule has 2 rings (SSSR count). The molecule has 0 aliphatic rings. The van der Waals surface area contributed by atoms with Crippen molar-refractivity contribution in [3.8, 4) is 11.1 Å². The van der Waals surface area contributed by atoms with E-state index < -0.39 is 17.6 Å². The normalized spacial score (nSPS) is 12.1. The van der Waals surface area contributed by atoms with Gasteiger partial charge < -0.3 is 5.11 Å². The van der Waals surface area contributed by atoms with Crippen molar-refractivity contribution in [1.82, 2.24) is 0 Å². The SMILES string of the molecule is CCC(CC(=O)O)c1ccc(-c2cc(F)cc(F)c2)cc1. The number of hydrogen-bond donors (Lipinski definition) is 1. The Morgan fingerprint density at radius 1 is 1.05 bits per heavy atom. The number of rotatable bonds is 5. The number of aliphatic carboxylic acids is 1. The zero-order chi connectivity index (χ0) is 15.4. The van der Waals surface area contributed by atoms with Crippen molar-refractivity contribution in [2.45, 2.75) is 25.7 Å². The third-order valence-electron chi connectivity index (χ3n) is 3.49. The Kier molecular flexibility index (Phi) is 4.68. The molecule has 1 N–H and O–H groups in total. The molecule has 0 saturated carbocycles. The van der Waals surface area contributed by atoms with Crippen LogP contribution in [0.15, 0.2) is 42.5 Å². The molecule has 0 bridgehead atoms. The number of carboxylic acid groups (broad SMARTS) is 1. The minimum Gasteiger partial charge on any atom is -0.481 e. The summed E-state index contributed by atoms with van der Waals surface area (Å²) >= 11 is 0. The first kappa shape index (κ1) is 15.2. The first-order valence-electron chi connectivity index (χ1n) is 6.77. The molecule has 1 atom stereocenters. The van der Waals surface area contributed by atoms with E-state index in [0.29, 0.717) is 11.1 Å². The van der Waals surface area contributed by atoms with Crippen LogP contribution in [0.4, 0.5) is 8.78 Å². The van der Waals surface area contributed by atoms with Crippen molar-refractivity contribution in [2.24, 2.45) is 0 Å². The number of carboxylic acids is 1. The van der Waals surface area contributed by atoms with Crippen LogP contribution < -0.4 is 0 Å². The molecule has 0 heterocycles. The van der Waals surface area contributed by atoms with Crippen LogP contribution >= 0.6 is 0 Å². The highest BCUT2D eigenvalue weighted by Crippen LogP contribution is 2.27. The summed E-state index contributed by atoms with van der Waals surface area (Å²) in [5.41, 5.74) is 2.08. The van der Waals surface area contributed by atoms with Crippen molar-refractivity contribution in [3.63, 3.8) is 0 Å². The summed E-state index contributed by atoms with van der Waals surface area (Å²) in [5, 5.41) is 8.89. The number of carbonyl (C=O) groups is 1. The van der Waals surface area contributed by atoms with Gasteiger partial charge in [-0.3, -0.25) is 4.79 Å². The lowest BCUT2D eigenvalue weighted by Gasteiger charge is -2.13. The Hall–Kier alpha value is -2.23. The largest absolute Gasteiger partial charge is 0.481 e. The van der Waals surface area contributed by atoms with E-state index in [2.05, 4.69) is 0 Å². The standard InChI is InChI=1S/C17H16F2O2/c1-2-11(9-17(20)21)12-3-5-13(6-4-12)14-7-15(18)10-16(19)8-14/h3-8,10-11H,2,9H2,1H3,(H,20,21). The van der Waals surface area contributed by atoms with E-state index in [1.54, 1.807) is 12.1 Å². The maximum atomic E-state index is 13.2. The topological polar surface area (TPSA) is 37.3 Å². The van der Waals surface area contributed by atoms with Crippen LogP contribution in [0.2, 0.25) is 0 Å². The van der Waals surface area contributed by atoms with E-state index in [1.807, 2.05) is 19.1 Å². The fourth-order valence-corrected chi connectivity index (χ4v) is 2.38. The molecule has 2 aromatic carbocycles. The van der Waals surface area contributed by atoms with Crippen molar-refractivity contribution in [2.75, 3.05) is 0 Å². The van der Waals surface area contributed by atoms with Gasteiger partial charge in [0.25, 0.3) is 0 Å². The van der Waals surface area contributed by atoms with Crippen LogP contribution in [0, 0.1) is 11.6 Å². The second kappa shape index (κ2) is 6.48. The van der Waals surface area contributed by atoms with E-state index in [1.165, 1.54) is 12.1 Å². The Bertz CT molecular complexity index is 615. The van der Waals surface area contributed by atoms with Gasteiger partial charge in [-0.05, 0) is 41.2 Å². The second-order valence-electron chi connectivity index (χ2n) is 4.98. The van der Waals surface area contributed by atoms with Crippen molar-refractivity contribution in [1.29, 1.82) is 0 Å². The Balaban J connectivity index is 2.27. The lowest BCUT2D eigenvalue weighted by atomic mass is 9.92. The quantitative estimate of drug-likeness (QED) is 0.873. The first-order chi connectivity index (χ1) is 9.99. The van der Waals surface area contributed by atoms with Gasteiger partial charge in [-0.15, -0.1) is 0 Å². The summed E-state index contributed by atoms with van der Waals surface area (Å²) in [4.78, 5) is 10.8. The summed E-state index contributed by atoms with van der Waals surface area (Å²) in [5.74, 6) is -2.13. The smallest absolute Gasteiger partial charge is 0.303 e. The second-order valence-corrected chi connectivity index (χ2v) is 4.98. The van der Waals surface area contributed by atoms with Gasteiger partial charge in [0.05, 0.1) is 6.42 Å². The fourth-order valence-electron chi connectivity index (χ4n) is 2.38. The van der Waals surface area contributed by atoms with E-state index in [9.17, 15) is 13.6 Å². The first-order valence-corrected chi connectivity index (χ1v) is 6.77. The Morgan fingerprint density at radius 2 is 1.62 bits per heavy atom. The maximum Gasteiger partial charge on any atom is 0.303 e. The predicted octanol–water partition coefficient (Wildman–Crippen LogP) is 4.60. The van der Waals surface area contributed by atoms with Gasteiger partial charge in [0.15, 0.2) is 0 Å². The Morgan fingerprint density at radius 3 is 2.10 bits per heavy atom. The number of hydrogen-bond acceptors (Lipinski definition) is 1. The van der Waals surface area contributed by atoms with Crippen LogP contribution in [-0.2, 0) is 4.79 Å². The highest BCUT2D eigenvalue weighted by Gasteiger charge is 2.13. The molecule has 0 aliphatic heterocycles.